The Labute approximate surface area is 213 Å². The second-order valence-corrected chi connectivity index (χ2v) is 9.13. The summed E-state index contributed by atoms with van der Waals surface area (Å²) in [4.78, 5) is 12.1. The first-order valence-corrected chi connectivity index (χ1v) is 12.5. The van der Waals surface area contributed by atoms with E-state index in [1.807, 2.05) is 97.9 Å². The maximum Gasteiger partial charge on any atom is 0.217 e. The maximum absolute atomic E-state index is 12.1. The first-order chi connectivity index (χ1) is 17.6. The Kier molecular flexibility index (Phi) is 9.64. The van der Waals surface area contributed by atoms with Gasteiger partial charge in [0.05, 0.1) is 38.6 Å². The zero-order chi connectivity index (χ0) is 25.2. The summed E-state index contributed by atoms with van der Waals surface area (Å²) in [5, 5.41) is 3.04. The topological polar surface area (TPSA) is 66.0 Å². The van der Waals surface area contributed by atoms with Gasteiger partial charge in [-0.25, -0.2) is 0 Å². The highest BCUT2D eigenvalue weighted by Gasteiger charge is 2.46. The van der Waals surface area contributed by atoms with Crippen LogP contribution in [-0.2, 0) is 43.6 Å². The number of benzene rings is 3. The van der Waals surface area contributed by atoms with Crippen LogP contribution in [0.3, 0.4) is 0 Å². The van der Waals surface area contributed by atoms with Crippen molar-refractivity contribution in [3.8, 4) is 0 Å². The number of carbonyl (C=O) groups excluding carboxylic acids is 1. The molecule has 0 aromatic heterocycles. The van der Waals surface area contributed by atoms with Crippen LogP contribution in [0.4, 0.5) is 0 Å². The number of ether oxygens (including phenoxy) is 4. The van der Waals surface area contributed by atoms with Gasteiger partial charge in [0.15, 0.2) is 0 Å². The minimum absolute atomic E-state index is 0.135. The lowest BCUT2D eigenvalue weighted by Gasteiger charge is -2.45. The molecule has 36 heavy (non-hydrogen) atoms. The molecule has 0 radical (unpaired) electrons. The van der Waals surface area contributed by atoms with E-state index < -0.39 is 12.2 Å². The molecule has 1 saturated heterocycles. The summed E-state index contributed by atoms with van der Waals surface area (Å²) >= 11 is 0. The zero-order valence-electron chi connectivity index (χ0n) is 20.9. The molecule has 1 aliphatic heterocycles. The van der Waals surface area contributed by atoms with Gasteiger partial charge in [-0.05, 0) is 23.6 Å². The van der Waals surface area contributed by atoms with Gasteiger partial charge < -0.3 is 24.3 Å². The second kappa shape index (κ2) is 13.3. The summed E-state index contributed by atoms with van der Waals surface area (Å²) < 4.78 is 25.4. The predicted octanol–water partition coefficient (Wildman–Crippen LogP) is 4.67. The average Bonchev–Trinajstić information content (AvgIpc) is 2.90. The van der Waals surface area contributed by atoms with E-state index in [0.717, 1.165) is 16.7 Å². The normalized spacial score (nSPS) is 23.8. The fraction of sp³-hybridized carbons (Fsp3) is 0.367. The molecule has 1 N–H and O–H groups in total. The minimum atomic E-state index is -0.447. The fourth-order valence-corrected chi connectivity index (χ4v) is 4.49. The van der Waals surface area contributed by atoms with Crippen LogP contribution in [0, 0.1) is 0 Å². The highest BCUT2D eigenvalue weighted by Crippen LogP contribution is 2.28. The third-order valence-electron chi connectivity index (χ3n) is 6.27. The molecule has 1 aliphatic rings. The van der Waals surface area contributed by atoms with Gasteiger partial charge in [0.1, 0.15) is 18.3 Å². The first-order valence-electron chi connectivity index (χ1n) is 12.5. The van der Waals surface area contributed by atoms with Gasteiger partial charge in [-0.2, -0.15) is 0 Å². The second-order valence-electron chi connectivity index (χ2n) is 9.13. The molecule has 6 nitrogen and oxygen atoms in total. The maximum atomic E-state index is 12.1. The van der Waals surface area contributed by atoms with Crippen LogP contribution in [-0.4, -0.2) is 43.0 Å². The van der Waals surface area contributed by atoms with Crippen LogP contribution in [0.2, 0.25) is 0 Å². The number of rotatable bonds is 11. The van der Waals surface area contributed by atoms with Gasteiger partial charge in [0.2, 0.25) is 5.91 Å². The molecule has 3 aromatic carbocycles. The van der Waals surface area contributed by atoms with Crippen LogP contribution < -0.4 is 5.32 Å². The number of nitrogens with one attached hydrogen (secondary N) is 1. The van der Waals surface area contributed by atoms with Crippen molar-refractivity contribution in [3.63, 3.8) is 0 Å². The fourth-order valence-electron chi connectivity index (χ4n) is 4.49. The minimum Gasteiger partial charge on any atom is -0.374 e. The molecule has 0 bridgehead atoms. The van der Waals surface area contributed by atoms with Gasteiger partial charge >= 0.3 is 0 Å². The largest absolute Gasteiger partial charge is 0.374 e. The quantitative estimate of drug-likeness (QED) is 0.424. The summed E-state index contributed by atoms with van der Waals surface area (Å²) in [5.74, 6) is -0.135. The highest BCUT2D eigenvalue weighted by atomic mass is 16.6. The molecule has 0 spiro atoms. The monoisotopic (exact) mass is 489 g/mol. The summed E-state index contributed by atoms with van der Waals surface area (Å²) in [7, 11) is 0. The Morgan fingerprint density at radius 1 is 0.750 bits per heavy atom. The Morgan fingerprint density at radius 3 is 1.72 bits per heavy atom. The molecule has 1 fully saturated rings. The molecular weight excluding hydrogens is 454 g/mol. The number of hydrogen-bond acceptors (Lipinski definition) is 5. The van der Waals surface area contributed by atoms with E-state index in [4.69, 9.17) is 18.9 Å². The third-order valence-corrected chi connectivity index (χ3v) is 6.27. The van der Waals surface area contributed by atoms with Crippen LogP contribution >= 0.6 is 0 Å². The Morgan fingerprint density at radius 2 is 1.22 bits per heavy atom. The van der Waals surface area contributed by atoms with Gasteiger partial charge in [0.25, 0.3) is 0 Å². The van der Waals surface area contributed by atoms with Crippen molar-refractivity contribution in [2.45, 2.75) is 64.1 Å². The van der Waals surface area contributed by atoms with Crippen molar-refractivity contribution in [2.75, 3.05) is 6.61 Å². The van der Waals surface area contributed by atoms with E-state index in [1.165, 1.54) is 6.92 Å². The smallest absolute Gasteiger partial charge is 0.217 e. The van der Waals surface area contributed by atoms with Crippen molar-refractivity contribution in [1.82, 2.24) is 5.32 Å². The summed E-state index contributed by atoms with van der Waals surface area (Å²) in [6, 6.07) is 29.7. The molecule has 1 amide bonds. The van der Waals surface area contributed by atoms with Crippen molar-refractivity contribution in [1.29, 1.82) is 0 Å². The molecule has 0 aliphatic carbocycles. The number of hydrogen-bond donors (Lipinski definition) is 1. The summed E-state index contributed by atoms with van der Waals surface area (Å²) in [5.41, 5.74) is 3.20. The molecule has 0 saturated carbocycles. The van der Waals surface area contributed by atoms with Gasteiger partial charge in [-0.15, -0.1) is 0 Å². The summed E-state index contributed by atoms with van der Waals surface area (Å²) in [6.45, 7) is 5.09. The lowest BCUT2D eigenvalue weighted by atomic mass is 9.92. The predicted molar refractivity (Wildman–Crippen MR) is 138 cm³/mol. The molecule has 190 valence electrons. The van der Waals surface area contributed by atoms with E-state index >= 15 is 0 Å². The molecule has 5 atom stereocenters. The molecular formula is C30H35NO5. The number of carbonyl (C=O) groups is 1. The van der Waals surface area contributed by atoms with E-state index in [9.17, 15) is 4.79 Å². The van der Waals surface area contributed by atoms with Crippen molar-refractivity contribution in [3.05, 3.63) is 108 Å². The van der Waals surface area contributed by atoms with Gasteiger partial charge in [0, 0.05) is 6.92 Å². The Hall–Kier alpha value is -3.03. The number of amides is 1. The van der Waals surface area contributed by atoms with Crippen molar-refractivity contribution >= 4 is 5.91 Å². The van der Waals surface area contributed by atoms with Crippen LogP contribution in [0.5, 0.6) is 0 Å². The first kappa shape index (κ1) is 26.0. The van der Waals surface area contributed by atoms with Gasteiger partial charge in [-0.1, -0.05) is 91.0 Å². The van der Waals surface area contributed by atoms with Crippen LogP contribution in [0.15, 0.2) is 91.0 Å². The summed E-state index contributed by atoms with van der Waals surface area (Å²) in [6.07, 6.45) is -1.51. The molecule has 1 unspecified atom stereocenters. The molecule has 4 rings (SSSR count). The Bertz CT molecular complexity index is 1050. The lowest BCUT2D eigenvalue weighted by molar-refractivity contribution is -0.229. The standard InChI is InChI=1S/C30H35NO5/c1-22-28(31-23(2)32)30(35-20-26-16-10-5-11-17-26)29(34-19-25-14-8-4-9-15-25)27(36-22)21-33-18-24-12-6-3-7-13-24/h3-17,22,27-30H,18-21H2,1-2H3,(H,31,32)/t22?,27-,28+,29-,30-/m1/s1. The van der Waals surface area contributed by atoms with E-state index in [0.29, 0.717) is 26.4 Å². The van der Waals surface area contributed by atoms with E-state index in [1.54, 1.807) is 0 Å². The molecule has 6 heteroatoms. The van der Waals surface area contributed by atoms with E-state index in [-0.39, 0.29) is 24.2 Å². The average molecular weight is 490 g/mol. The lowest BCUT2D eigenvalue weighted by Crippen LogP contribution is -2.64. The zero-order valence-corrected chi connectivity index (χ0v) is 20.9. The van der Waals surface area contributed by atoms with E-state index in [2.05, 4.69) is 5.32 Å². The van der Waals surface area contributed by atoms with Crippen molar-refractivity contribution in [2.24, 2.45) is 0 Å². The SMILES string of the molecule is CC(=O)N[C@H]1C(C)O[C@H](COCc2ccccc2)[C@@H](OCc2ccccc2)[C@@H]1OCc1ccccc1. The van der Waals surface area contributed by atoms with Crippen LogP contribution in [0.25, 0.3) is 0 Å². The third kappa shape index (κ3) is 7.48. The van der Waals surface area contributed by atoms with Crippen LogP contribution in [0.1, 0.15) is 30.5 Å². The Balaban J connectivity index is 1.53. The highest BCUT2D eigenvalue weighted by molar-refractivity contribution is 5.73. The molecule has 3 aromatic rings. The van der Waals surface area contributed by atoms with Crippen molar-refractivity contribution < 1.29 is 23.7 Å². The molecule has 1 heterocycles. The van der Waals surface area contributed by atoms with Gasteiger partial charge in [-0.3, -0.25) is 4.79 Å².